The maximum absolute atomic E-state index is 11.1. The molecule has 1 aromatic rings. The zero-order valence-electron chi connectivity index (χ0n) is 6.98. The Kier molecular flexibility index (Phi) is 4.92. The summed E-state index contributed by atoms with van der Waals surface area (Å²) in [6.07, 6.45) is 0. The van der Waals surface area contributed by atoms with E-state index in [1.807, 2.05) is 0 Å². The normalized spacial score (nSPS) is 8.64. The van der Waals surface area contributed by atoms with Crippen molar-refractivity contribution in [1.82, 2.24) is 0 Å². The first-order valence-electron chi connectivity index (χ1n) is 3.62. The lowest BCUT2D eigenvalue weighted by atomic mass is 10.2. The molecule has 0 saturated heterocycles. The Bertz CT molecular complexity index is 348. The number of carbonyl (C=O) groups is 2. The Hall–Kier alpha value is -1.31. The minimum atomic E-state index is -0.842. The van der Waals surface area contributed by atoms with Crippen LogP contribution in [0, 0.1) is 0 Å². The number of ether oxygens (including phenoxy) is 1. The van der Waals surface area contributed by atoms with Gasteiger partial charge in [0.25, 0.3) is 0 Å². The van der Waals surface area contributed by atoms with Crippen molar-refractivity contribution >= 4 is 29.3 Å². The molecule has 0 unspecified atom stereocenters. The summed E-state index contributed by atoms with van der Waals surface area (Å²) in [6, 6.07) is 5.85. The molecule has 0 atom stereocenters. The molecule has 0 aromatic heterocycles. The van der Waals surface area contributed by atoms with Crippen molar-refractivity contribution in [3.8, 4) is 5.75 Å². The van der Waals surface area contributed by atoms with Gasteiger partial charge in [0, 0.05) is 6.92 Å². The van der Waals surface area contributed by atoms with Crippen molar-refractivity contribution in [2.24, 2.45) is 0 Å². The number of rotatable bonds is 1. The molecule has 1 aromatic carbocycles. The predicted octanol–water partition coefficient (Wildman–Crippen LogP) is -0.0884. The van der Waals surface area contributed by atoms with Crippen LogP contribution in [0.3, 0.4) is 0 Å². The highest BCUT2D eigenvalue weighted by Crippen LogP contribution is 2.16. The topological polar surface area (TPSA) is 63.6 Å². The van der Waals surface area contributed by atoms with Crippen molar-refractivity contribution < 1.29 is 19.4 Å². The molecule has 0 saturated carbocycles. The van der Waals surface area contributed by atoms with Gasteiger partial charge in [-0.25, -0.2) is 4.79 Å². The summed E-state index contributed by atoms with van der Waals surface area (Å²) < 4.78 is 4.28. The van der Waals surface area contributed by atoms with Crippen molar-refractivity contribution in [1.29, 1.82) is 0 Å². The number of hydrogen-bond acceptors (Lipinski definition) is 4. The van der Waals surface area contributed by atoms with Crippen LogP contribution in [0.25, 0.3) is 0 Å². The van der Waals surface area contributed by atoms with Gasteiger partial charge >= 0.3 is 11.9 Å². The Morgan fingerprint density at radius 2 is 1.86 bits per heavy atom. The first kappa shape index (κ1) is 12.7. The van der Waals surface area contributed by atoms with E-state index in [0.29, 0.717) is 0 Å². The number of carbonyl (C=O) groups excluding carboxylic acids is 2. The zero-order valence-corrected chi connectivity index (χ0v) is 6.98. The second-order valence-corrected chi connectivity index (χ2v) is 2.40. The molecule has 0 fully saturated rings. The van der Waals surface area contributed by atoms with Crippen molar-refractivity contribution in [2.45, 2.75) is 6.92 Å². The fraction of sp³-hybridized carbons (Fsp3) is 0.111. The lowest BCUT2D eigenvalue weighted by Gasteiger charge is -2.01. The van der Waals surface area contributed by atoms with Crippen molar-refractivity contribution in [3.05, 3.63) is 29.8 Å². The van der Waals surface area contributed by atoms with E-state index in [1.54, 1.807) is 12.1 Å². The lowest BCUT2D eigenvalue weighted by Crippen LogP contribution is -2.09. The molecule has 74 valence electrons. The monoisotopic (exact) mass is 210 g/mol. The van der Waals surface area contributed by atoms with E-state index in [2.05, 4.69) is 4.74 Å². The highest BCUT2D eigenvalue weighted by atomic mass is 27.0. The molecule has 0 bridgehead atoms. The molecule has 0 aliphatic rings. The molecule has 0 aliphatic heterocycles. The van der Waals surface area contributed by atoms with Crippen LogP contribution >= 0.6 is 0 Å². The number of phenolic OH excluding ortho intramolecular Hbond substituents is 1. The van der Waals surface area contributed by atoms with Crippen LogP contribution in [-0.4, -0.2) is 34.4 Å². The van der Waals surface area contributed by atoms with Gasteiger partial charge in [-0.15, -0.1) is 0 Å². The summed E-state index contributed by atoms with van der Waals surface area (Å²) in [5.41, 5.74) is -0.0160. The van der Waals surface area contributed by atoms with E-state index in [4.69, 9.17) is 0 Å². The maximum Gasteiger partial charge on any atom is 0.349 e. The van der Waals surface area contributed by atoms with Gasteiger partial charge in [0.2, 0.25) is 0 Å². The SMILES string of the molecule is CC(=O)OC(=O)c1ccccc1O.[AlH3]. The smallest absolute Gasteiger partial charge is 0.349 e. The number of hydrogen-bond donors (Lipinski definition) is 1. The first-order valence-corrected chi connectivity index (χ1v) is 3.62. The predicted molar refractivity (Wildman–Crippen MR) is 54.1 cm³/mol. The molecule has 0 heterocycles. The number of para-hydroxylation sites is 1. The third-order valence-electron chi connectivity index (χ3n) is 1.36. The van der Waals surface area contributed by atoms with Gasteiger partial charge in [-0.05, 0) is 12.1 Å². The highest BCUT2D eigenvalue weighted by molar-refractivity contribution is 5.98. The molecular formula is C9H11AlO4. The summed E-state index contributed by atoms with van der Waals surface area (Å²) in [4.78, 5) is 21.5. The quantitative estimate of drug-likeness (QED) is 0.400. The standard InChI is InChI=1S/C9H8O4.Al.3H/c1-6(10)13-9(12)7-4-2-3-5-8(7)11;;;;/h2-5,11H,1H3;;;;. The average Bonchev–Trinajstić information content (AvgIpc) is 2.03. The van der Waals surface area contributed by atoms with Crippen LogP contribution in [0.5, 0.6) is 5.75 Å². The highest BCUT2D eigenvalue weighted by Gasteiger charge is 2.12. The molecule has 0 spiro atoms. The van der Waals surface area contributed by atoms with E-state index in [0.717, 1.165) is 6.92 Å². The third kappa shape index (κ3) is 3.21. The maximum atomic E-state index is 11.1. The van der Waals surface area contributed by atoms with Gasteiger partial charge in [0.15, 0.2) is 17.4 Å². The molecule has 14 heavy (non-hydrogen) atoms. The van der Waals surface area contributed by atoms with Crippen molar-refractivity contribution in [2.75, 3.05) is 0 Å². The van der Waals surface area contributed by atoms with E-state index >= 15 is 0 Å². The molecule has 5 heteroatoms. The van der Waals surface area contributed by atoms with Crippen molar-refractivity contribution in [3.63, 3.8) is 0 Å². The first-order chi connectivity index (χ1) is 6.11. The zero-order chi connectivity index (χ0) is 9.84. The van der Waals surface area contributed by atoms with Crippen LogP contribution in [0.15, 0.2) is 24.3 Å². The van der Waals surface area contributed by atoms with Gasteiger partial charge in [-0.3, -0.25) is 4.79 Å². The Morgan fingerprint density at radius 3 is 2.36 bits per heavy atom. The summed E-state index contributed by atoms with van der Waals surface area (Å²) in [5.74, 6) is -1.74. The van der Waals surface area contributed by atoms with Crippen LogP contribution in [0.1, 0.15) is 17.3 Å². The van der Waals surface area contributed by atoms with Crippen LogP contribution in [-0.2, 0) is 9.53 Å². The molecular weight excluding hydrogens is 199 g/mol. The minimum absolute atomic E-state index is 0. The van der Waals surface area contributed by atoms with Gasteiger partial charge in [-0.2, -0.15) is 0 Å². The lowest BCUT2D eigenvalue weighted by molar-refractivity contribution is -0.135. The summed E-state index contributed by atoms with van der Waals surface area (Å²) in [5, 5.41) is 9.18. The average molecular weight is 210 g/mol. The third-order valence-corrected chi connectivity index (χ3v) is 1.36. The number of benzene rings is 1. The minimum Gasteiger partial charge on any atom is -0.507 e. The van der Waals surface area contributed by atoms with Gasteiger partial charge < -0.3 is 9.84 Å². The van der Waals surface area contributed by atoms with E-state index in [9.17, 15) is 14.7 Å². The van der Waals surface area contributed by atoms with Crippen LogP contribution < -0.4 is 0 Å². The molecule has 0 amide bonds. The molecule has 1 rings (SSSR count). The Morgan fingerprint density at radius 1 is 1.29 bits per heavy atom. The van der Waals surface area contributed by atoms with E-state index in [-0.39, 0.29) is 28.7 Å². The number of esters is 2. The molecule has 0 aliphatic carbocycles. The fourth-order valence-electron chi connectivity index (χ4n) is 0.832. The van der Waals surface area contributed by atoms with Gasteiger partial charge in [-0.1, -0.05) is 12.1 Å². The second-order valence-electron chi connectivity index (χ2n) is 2.40. The van der Waals surface area contributed by atoms with E-state index in [1.165, 1.54) is 12.1 Å². The van der Waals surface area contributed by atoms with Gasteiger partial charge in [0.05, 0.1) is 0 Å². The second kappa shape index (κ2) is 5.43. The molecule has 1 N–H and O–H groups in total. The number of phenols is 1. The Balaban J connectivity index is 0.00000169. The van der Waals surface area contributed by atoms with Gasteiger partial charge in [0.1, 0.15) is 11.3 Å². The molecule has 4 nitrogen and oxygen atoms in total. The van der Waals surface area contributed by atoms with E-state index < -0.39 is 11.9 Å². The largest absolute Gasteiger partial charge is 0.507 e. The number of aromatic hydroxyl groups is 1. The molecule has 0 radical (unpaired) electrons. The fourth-order valence-corrected chi connectivity index (χ4v) is 0.832. The summed E-state index contributed by atoms with van der Waals surface area (Å²) in [7, 11) is 0. The van der Waals surface area contributed by atoms with Crippen LogP contribution in [0.2, 0.25) is 0 Å². The van der Waals surface area contributed by atoms with Crippen LogP contribution in [0.4, 0.5) is 0 Å². The summed E-state index contributed by atoms with van der Waals surface area (Å²) in [6.45, 7) is 1.12. The Labute approximate surface area is 91.6 Å². The summed E-state index contributed by atoms with van der Waals surface area (Å²) >= 11 is 0.